The Kier molecular flexibility index (Phi) is 5.82. The summed E-state index contributed by atoms with van der Waals surface area (Å²) in [5, 5.41) is 3.72. The number of aromatic nitrogens is 1. The number of fused-ring (bicyclic) bond motifs is 1. The Hall–Kier alpha value is -3.41. The van der Waals surface area contributed by atoms with Crippen molar-refractivity contribution in [2.45, 2.75) is 40.3 Å². The van der Waals surface area contributed by atoms with E-state index in [9.17, 15) is 14.4 Å². The largest absolute Gasteiger partial charge is 0.459 e. The van der Waals surface area contributed by atoms with Gasteiger partial charge in [-0.3, -0.25) is 14.2 Å². The van der Waals surface area contributed by atoms with E-state index in [1.54, 1.807) is 44.2 Å². The molecule has 1 N–H and O–H groups in total. The molecular weight excluding hydrogens is 368 g/mol. The Balaban J connectivity index is 1.80. The predicted octanol–water partition coefficient (Wildman–Crippen LogP) is 3.82. The molecule has 0 saturated heterocycles. The predicted molar refractivity (Wildman–Crippen MR) is 113 cm³/mol. The summed E-state index contributed by atoms with van der Waals surface area (Å²) in [7, 11) is 0. The zero-order valence-corrected chi connectivity index (χ0v) is 17.0. The van der Waals surface area contributed by atoms with E-state index >= 15 is 0 Å². The molecule has 6 heteroatoms. The first-order valence-electron chi connectivity index (χ1n) is 9.47. The van der Waals surface area contributed by atoms with Gasteiger partial charge in [0.2, 0.25) is 5.91 Å². The Morgan fingerprint density at radius 2 is 1.72 bits per heavy atom. The number of ether oxygens (including phenoxy) is 1. The molecule has 150 valence electrons. The minimum Gasteiger partial charge on any atom is -0.459 e. The van der Waals surface area contributed by atoms with Gasteiger partial charge in [0.1, 0.15) is 6.54 Å². The second-order valence-corrected chi connectivity index (χ2v) is 7.30. The maximum atomic E-state index is 12.6. The average Bonchev–Trinajstić information content (AvgIpc) is 2.65. The van der Waals surface area contributed by atoms with Crippen molar-refractivity contribution >= 4 is 28.5 Å². The van der Waals surface area contributed by atoms with E-state index in [2.05, 4.69) is 5.32 Å². The van der Waals surface area contributed by atoms with Gasteiger partial charge in [-0.2, -0.15) is 0 Å². The lowest BCUT2D eigenvalue weighted by Gasteiger charge is -2.14. The van der Waals surface area contributed by atoms with Crippen LogP contribution in [0.5, 0.6) is 0 Å². The summed E-state index contributed by atoms with van der Waals surface area (Å²) >= 11 is 0. The zero-order chi connectivity index (χ0) is 21.1. The standard InChI is InChI=1S/C23H24N2O4/c1-14(2)29-23(28)17-8-10-18(11-9-17)24-20(26)13-25-21(27)12-16(4)19-7-5-6-15(3)22(19)25/h5-12,14H,13H2,1-4H3,(H,24,26). The summed E-state index contributed by atoms with van der Waals surface area (Å²) in [5.74, 6) is -0.732. The molecule has 2 aromatic carbocycles. The molecule has 3 rings (SSSR count). The molecule has 29 heavy (non-hydrogen) atoms. The van der Waals surface area contributed by atoms with Crippen molar-refractivity contribution < 1.29 is 14.3 Å². The van der Waals surface area contributed by atoms with Crippen molar-refractivity contribution in [1.29, 1.82) is 0 Å². The second kappa shape index (κ2) is 8.31. The molecule has 0 aliphatic heterocycles. The SMILES string of the molecule is Cc1cc(=O)n(CC(=O)Nc2ccc(C(=O)OC(C)C)cc2)c2c(C)cccc12. The normalized spacial score (nSPS) is 10.9. The second-order valence-electron chi connectivity index (χ2n) is 7.30. The van der Waals surface area contributed by atoms with Crippen LogP contribution in [0.25, 0.3) is 10.9 Å². The molecule has 1 amide bonds. The molecule has 3 aromatic rings. The lowest BCUT2D eigenvalue weighted by molar-refractivity contribution is -0.116. The number of esters is 1. The monoisotopic (exact) mass is 392 g/mol. The quantitative estimate of drug-likeness (QED) is 0.670. The van der Waals surface area contributed by atoms with E-state index in [0.29, 0.717) is 11.3 Å². The van der Waals surface area contributed by atoms with Gasteiger partial charge in [-0.1, -0.05) is 18.2 Å². The molecule has 0 unspecified atom stereocenters. The number of nitrogens with zero attached hydrogens (tertiary/aromatic N) is 1. The lowest BCUT2D eigenvalue weighted by Crippen LogP contribution is -2.28. The number of pyridine rings is 1. The number of hydrogen-bond acceptors (Lipinski definition) is 4. The molecule has 1 aromatic heterocycles. The van der Waals surface area contributed by atoms with Crippen LogP contribution in [0.4, 0.5) is 5.69 Å². The van der Waals surface area contributed by atoms with Crippen molar-refractivity contribution in [3.63, 3.8) is 0 Å². The minimum atomic E-state index is -0.411. The highest BCUT2D eigenvalue weighted by molar-refractivity contribution is 5.94. The first-order chi connectivity index (χ1) is 13.8. The van der Waals surface area contributed by atoms with Crippen LogP contribution in [-0.4, -0.2) is 22.5 Å². The summed E-state index contributed by atoms with van der Waals surface area (Å²) in [6.07, 6.45) is -0.201. The van der Waals surface area contributed by atoms with Crippen LogP contribution < -0.4 is 10.9 Å². The number of anilines is 1. The van der Waals surface area contributed by atoms with Gasteiger partial charge in [-0.05, 0) is 63.1 Å². The Bertz CT molecular complexity index is 1130. The average molecular weight is 392 g/mol. The maximum absolute atomic E-state index is 12.6. The lowest BCUT2D eigenvalue weighted by atomic mass is 10.1. The number of hydrogen-bond donors (Lipinski definition) is 1. The Morgan fingerprint density at radius 3 is 2.38 bits per heavy atom. The van der Waals surface area contributed by atoms with E-state index in [-0.39, 0.29) is 24.1 Å². The van der Waals surface area contributed by atoms with Crippen molar-refractivity contribution in [2.24, 2.45) is 0 Å². The van der Waals surface area contributed by atoms with Gasteiger partial charge in [0, 0.05) is 17.1 Å². The summed E-state index contributed by atoms with van der Waals surface area (Å²) in [6, 6.07) is 13.8. The fourth-order valence-electron chi connectivity index (χ4n) is 3.26. The molecule has 0 aliphatic carbocycles. The Labute approximate surface area is 169 Å². The van der Waals surface area contributed by atoms with Crippen LogP contribution in [0.3, 0.4) is 0 Å². The third-order valence-electron chi connectivity index (χ3n) is 4.59. The number of aryl methyl sites for hydroxylation is 2. The molecule has 0 aliphatic rings. The van der Waals surface area contributed by atoms with Crippen molar-refractivity contribution in [3.05, 3.63) is 75.6 Å². The topological polar surface area (TPSA) is 77.4 Å². The number of amides is 1. The molecular formula is C23H24N2O4. The molecule has 0 spiro atoms. The number of nitrogens with one attached hydrogen (secondary N) is 1. The van der Waals surface area contributed by atoms with Gasteiger partial charge < -0.3 is 10.1 Å². The number of para-hydroxylation sites is 1. The number of rotatable bonds is 5. The highest BCUT2D eigenvalue weighted by Gasteiger charge is 2.13. The van der Waals surface area contributed by atoms with Crippen molar-refractivity contribution in [2.75, 3.05) is 5.32 Å². The molecule has 0 bridgehead atoms. The fraction of sp³-hybridized carbons (Fsp3) is 0.261. The first-order valence-corrected chi connectivity index (χ1v) is 9.47. The molecule has 6 nitrogen and oxygen atoms in total. The third-order valence-corrected chi connectivity index (χ3v) is 4.59. The third kappa shape index (κ3) is 4.54. The van der Waals surface area contributed by atoms with Crippen LogP contribution in [0.15, 0.2) is 53.3 Å². The summed E-state index contributed by atoms with van der Waals surface area (Å²) in [4.78, 5) is 37.0. The minimum absolute atomic E-state index is 0.0996. The van der Waals surface area contributed by atoms with Gasteiger partial charge >= 0.3 is 5.97 Å². The fourth-order valence-corrected chi connectivity index (χ4v) is 3.26. The summed E-state index contributed by atoms with van der Waals surface area (Å²) in [5.41, 5.74) is 3.31. The van der Waals surface area contributed by atoms with Crippen LogP contribution in [-0.2, 0) is 16.1 Å². The van der Waals surface area contributed by atoms with E-state index < -0.39 is 5.97 Å². The van der Waals surface area contributed by atoms with Gasteiger partial charge in [-0.25, -0.2) is 4.79 Å². The number of carbonyl (C=O) groups excluding carboxylic acids is 2. The molecule has 0 atom stereocenters. The number of benzene rings is 2. The van der Waals surface area contributed by atoms with E-state index in [1.165, 1.54) is 4.57 Å². The van der Waals surface area contributed by atoms with Crippen LogP contribution in [0, 0.1) is 13.8 Å². The molecule has 1 heterocycles. The van der Waals surface area contributed by atoms with Crippen LogP contribution in [0.1, 0.15) is 35.3 Å². The molecule has 0 fully saturated rings. The highest BCUT2D eigenvalue weighted by Crippen LogP contribution is 2.20. The highest BCUT2D eigenvalue weighted by atomic mass is 16.5. The summed E-state index contributed by atoms with van der Waals surface area (Å²) in [6.45, 7) is 7.28. The zero-order valence-electron chi connectivity index (χ0n) is 17.0. The summed E-state index contributed by atoms with van der Waals surface area (Å²) < 4.78 is 6.63. The maximum Gasteiger partial charge on any atom is 0.338 e. The smallest absolute Gasteiger partial charge is 0.338 e. The van der Waals surface area contributed by atoms with Gasteiger partial charge in [0.05, 0.1) is 17.2 Å². The van der Waals surface area contributed by atoms with Gasteiger partial charge in [-0.15, -0.1) is 0 Å². The number of carbonyl (C=O) groups is 2. The van der Waals surface area contributed by atoms with Crippen LogP contribution in [0.2, 0.25) is 0 Å². The van der Waals surface area contributed by atoms with Crippen LogP contribution >= 0.6 is 0 Å². The Morgan fingerprint density at radius 1 is 1.03 bits per heavy atom. The van der Waals surface area contributed by atoms with E-state index in [0.717, 1.165) is 22.0 Å². The first kappa shape index (κ1) is 20.3. The molecule has 0 saturated carbocycles. The van der Waals surface area contributed by atoms with Gasteiger partial charge in [0.15, 0.2) is 0 Å². The van der Waals surface area contributed by atoms with E-state index in [4.69, 9.17) is 4.74 Å². The van der Waals surface area contributed by atoms with Crippen molar-refractivity contribution in [1.82, 2.24) is 4.57 Å². The van der Waals surface area contributed by atoms with Gasteiger partial charge in [0.25, 0.3) is 5.56 Å². The van der Waals surface area contributed by atoms with E-state index in [1.807, 2.05) is 32.0 Å². The molecule has 0 radical (unpaired) electrons. The van der Waals surface area contributed by atoms with Crippen molar-refractivity contribution in [3.8, 4) is 0 Å².